The molecule has 0 amide bonds. The van der Waals surface area contributed by atoms with E-state index in [2.05, 4.69) is 39.9 Å². The molecule has 4 nitrogen and oxygen atoms in total. The summed E-state index contributed by atoms with van der Waals surface area (Å²) >= 11 is 0. The quantitative estimate of drug-likeness (QED) is 0.462. The van der Waals surface area contributed by atoms with Gasteiger partial charge in [-0.15, -0.1) is 0 Å². The number of rotatable bonds is 7. The van der Waals surface area contributed by atoms with Gasteiger partial charge in [-0.2, -0.15) is 0 Å². The molecule has 1 aliphatic carbocycles. The van der Waals surface area contributed by atoms with Crippen LogP contribution in [0, 0.1) is 0 Å². The van der Waals surface area contributed by atoms with Crippen LogP contribution in [0.4, 0.5) is 0 Å². The van der Waals surface area contributed by atoms with Crippen molar-refractivity contribution in [3.05, 3.63) is 35.4 Å². The van der Waals surface area contributed by atoms with E-state index in [1.807, 2.05) is 14.0 Å². The maximum absolute atomic E-state index is 5.34. The van der Waals surface area contributed by atoms with Crippen LogP contribution in [0.5, 0.6) is 0 Å². The number of nitrogens with one attached hydrogen (secondary N) is 2. The van der Waals surface area contributed by atoms with Gasteiger partial charge in [-0.3, -0.25) is 4.99 Å². The molecule has 0 saturated carbocycles. The number of aliphatic imine (C=N–C) groups is 1. The first-order valence-electron chi connectivity index (χ1n) is 8.45. The molecule has 22 heavy (non-hydrogen) atoms. The lowest BCUT2D eigenvalue weighted by Gasteiger charge is -2.26. The van der Waals surface area contributed by atoms with E-state index in [4.69, 9.17) is 4.74 Å². The molecular formula is C18H29N3O. The Kier molecular flexibility index (Phi) is 7.23. The number of nitrogens with zero attached hydrogens (tertiary/aromatic N) is 1. The Morgan fingerprint density at radius 2 is 2.18 bits per heavy atom. The van der Waals surface area contributed by atoms with Crippen molar-refractivity contribution in [2.45, 2.75) is 38.5 Å². The van der Waals surface area contributed by atoms with Crippen molar-refractivity contribution in [2.24, 2.45) is 4.99 Å². The molecule has 122 valence electrons. The average Bonchev–Trinajstić information content (AvgIpc) is 2.57. The molecule has 1 aliphatic rings. The van der Waals surface area contributed by atoms with Gasteiger partial charge in [-0.25, -0.2) is 0 Å². The number of hydrogen-bond acceptors (Lipinski definition) is 2. The molecule has 2 rings (SSSR count). The van der Waals surface area contributed by atoms with Gasteiger partial charge in [0.2, 0.25) is 0 Å². The van der Waals surface area contributed by atoms with Crippen LogP contribution in [0.25, 0.3) is 0 Å². The first-order valence-corrected chi connectivity index (χ1v) is 8.45. The molecule has 0 spiro atoms. The van der Waals surface area contributed by atoms with E-state index in [0.29, 0.717) is 5.92 Å². The molecule has 1 atom stereocenters. The summed E-state index contributed by atoms with van der Waals surface area (Å²) in [4.78, 5) is 4.30. The number of fused-ring (bicyclic) bond motifs is 1. The van der Waals surface area contributed by atoms with E-state index in [0.717, 1.165) is 38.7 Å². The SMILES string of the molecule is CCOCCCNC(=NC)NCC1CCCc2ccccc21. The first kappa shape index (κ1) is 16.8. The molecule has 1 aromatic rings. The summed E-state index contributed by atoms with van der Waals surface area (Å²) in [5.74, 6) is 1.48. The standard InChI is InChI=1S/C18H29N3O/c1-3-22-13-7-12-20-18(19-2)21-14-16-10-6-9-15-8-4-5-11-17(15)16/h4-5,8,11,16H,3,6-7,9-10,12-14H2,1-2H3,(H2,19,20,21). The van der Waals surface area contributed by atoms with Gasteiger partial charge in [0.25, 0.3) is 0 Å². The molecule has 0 fully saturated rings. The molecule has 0 aliphatic heterocycles. The van der Waals surface area contributed by atoms with E-state index in [-0.39, 0.29) is 0 Å². The van der Waals surface area contributed by atoms with E-state index < -0.39 is 0 Å². The van der Waals surface area contributed by atoms with Crippen LogP contribution in [0.15, 0.2) is 29.3 Å². The Morgan fingerprint density at radius 1 is 1.32 bits per heavy atom. The van der Waals surface area contributed by atoms with Crippen molar-refractivity contribution in [2.75, 3.05) is 33.4 Å². The van der Waals surface area contributed by atoms with Crippen LogP contribution >= 0.6 is 0 Å². The lowest BCUT2D eigenvalue weighted by Crippen LogP contribution is -2.40. The predicted octanol–water partition coefficient (Wildman–Crippen LogP) is 2.70. The van der Waals surface area contributed by atoms with Gasteiger partial charge in [-0.1, -0.05) is 24.3 Å². The molecule has 0 heterocycles. The van der Waals surface area contributed by atoms with Gasteiger partial charge >= 0.3 is 0 Å². The Bertz CT molecular complexity index is 473. The molecular weight excluding hydrogens is 274 g/mol. The lowest BCUT2D eigenvalue weighted by atomic mass is 9.83. The van der Waals surface area contributed by atoms with Gasteiger partial charge in [-0.05, 0) is 43.7 Å². The van der Waals surface area contributed by atoms with Crippen molar-refractivity contribution in [3.63, 3.8) is 0 Å². The highest BCUT2D eigenvalue weighted by Gasteiger charge is 2.19. The average molecular weight is 303 g/mol. The zero-order chi connectivity index (χ0) is 15.6. The fourth-order valence-corrected chi connectivity index (χ4v) is 3.03. The third-order valence-electron chi connectivity index (χ3n) is 4.20. The van der Waals surface area contributed by atoms with Crippen LogP contribution in [0.2, 0.25) is 0 Å². The highest BCUT2D eigenvalue weighted by Crippen LogP contribution is 2.30. The number of ether oxygens (including phenoxy) is 1. The van der Waals surface area contributed by atoms with Crippen molar-refractivity contribution in [3.8, 4) is 0 Å². The minimum atomic E-state index is 0.590. The second-order valence-corrected chi connectivity index (χ2v) is 5.72. The Morgan fingerprint density at radius 3 is 3.00 bits per heavy atom. The van der Waals surface area contributed by atoms with Crippen molar-refractivity contribution in [1.82, 2.24) is 10.6 Å². The minimum absolute atomic E-state index is 0.590. The van der Waals surface area contributed by atoms with Crippen molar-refractivity contribution in [1.29, 1.82) is 0 Å². The second kappa shape index (κ2) is 9.46. The number of benzene rings is 1. The van der Waals surface area contributed by atoms with Crippen LogP contribution in [0.3, 0.4) is 0 Å². The molecule has 0 bridgehead atoms. The molecule has 1 unspecified atom stereocenters. The van der Waals surface area contributed by atoms with E-state index >= 15 is 0 Å². The third kappa shape index (κ3) is 5.02. The van der Waals surface area contributed by atoms with Gasteiger partial charge in [0.1, 0.15) is 0 Å². The minimum Gasteiger partial charge on any atom is -0.382 e. The van der Waals surface area contributed by atoms with E-state index in [1.54, 1.807) is 0 Å². The van der Waals surface area contributed by atoms with Gasteiger partial charge in [0.15, 0.2) is 5.96 Å². The number of guanidine groups is 1. The molecule has 4 heteroatoms. The van der Waals surface area contributed by atoms with Gasteiger partial charge < -0.3 is 15.4 Å². The highest BCUT2D eigenvalue weighted by molar-refractivity contribution is 5.79. The summed E-state index contributed by atoms with van der Waals surface area (Å²) in [5, 5.41) is 6.82. The molecule has 0 aromatic heterocycles. The summed E-state index contributed by atoms with van der Waals surface area (Å²) < 4.78 is 5.34. The second-order valence-electron chi connectivity index (χ2n) is 5.72. The smallest absolute Gasteiger partial charge is 0.190 e. The van der Waals surface area contributed by atoms with Crippen molar-refractivity contribution < 1.29 is 4.74 Å². The predicted molar refractivity (Wildman–Crippen MR) is 92.6 cm³/mol. The number of aryl methyl sites for hydroxylation is 1. The summed E-state index contributed by atoms with van der Waals surface area (Å²) in [5.41, 5.74) is 3.02. The van der Waals surface area contributed by atoms with Crippen LogP contribution < -0.4 is 10.6 Å². The van der Waals surface area contributed by atoms with E-state index in [1.165, 1.54) is 30.4 Å². The largest absolute Gasteiger partial charge is 0.382 e. The summed E-state index contributed by atoms with van der Waals surface area (Å²) in [7, 11) is 1.83. The Labute approximate surface area is 134 Å². The van der Waals surface area contributed by atoms with Crippen LogP contribution in [0.1, 0.15) is 43.2 Å². The molecule has 1 aromatic carbocycles. The molecule has 0 radical (unpaired) electrons. The maximum atomic E-state index is 5.34. The Balaban J connectivity index is 1.77. The highest BCUT2D eigenvalue weighted by atomic mass is 16.5. The van der Waals surface area contributed by atoms with E-state index in [9.17, 15) is 0 Å². The zero-order valence-corrected chi connectivity index (χ0v) is 13.9. The lowest BCUT2D eigenvalue weighted by molar-refractivity contribution is 0.145. The Hall–Kier alpha value is -1.55. The molecule has 2 N–H and O–H groups in total. The summed E-state index contributed by atoms with van der Waals surface area (Å²) in [6.45, 7) is 5.45. The van der Waals surface area contributed by atoms with Crippen LogP contribution in [-0.4, -0.2) is 39.3 Å². The van der Waals surface area contributed by atoms with Crippen LogP contribution in [-0.2, 0) is 11.2 Å². The maximum Gasteiger partial charge on any atom is 0.190 e. The topological polar surface area (TPSA) is 45.6 Å². The number of hydrogen-bond donors (Lipinski definition) is 2. The summed E-state index contributed by atoms with van der Waals surface area (Å²) in [6, 6.07) is 8.84. The van der Waals surface area contributed by atoms with Gasteiger partial charge in [0, 0.05) is 39.3 Å². The summed E-state index contributed by atoms with van der Waals surface area (Å²) in [6.07, 6.45) is 4.76. The zero-order valence-electron chi connectivity index (χ0n) is 13.9. The monoisotopic (exact) mass is 303 g/mol. The van der Waals surface area contributed by atoms with Crippen molar-refractivity contribution >= 4 is 5.96 Å². The first-order chi connectivity index (χ1) is 10.8. The normalized spacial score (nSPS) is 17.9. The fourth-order valence-electron chi connectivity index (χ4n) is 3.03. The third-order valence-corrected chi connectivity index (χ3v) is 4.20. The van der Waals surface area contributed by atoms with Gasteiger partial charge in [0.05, 0.1) is 0 Å². The fraction of sp³-hybridized carbons (Fsp3) is 0.611. The molecule has 0 saturated heterocycles.